The number of benzene rings is 2. The second-order valence-corrected chi connectivity index (χ2v) is 4.95. The molecule has 0 saturated carbocycles. The van der Waals surface area contributed by atoms with Gasteiger partial charge in [0, 0.05) is 5.56 Å². The highest BCUT2D eigenvalue weighted by atomic mass is 35.5. The van der Waals surface area contributed by atoms with Crippen molar-refractivity contribution in [2.24, 2.45) is 0 Å². The molecular weight excluding hydrogens is 346 g/mol. The van der Waals surface area contributed by atoms with E-state index in [4.69, 9.17) is 11.6 Å². The third kappa shape index (κ3) is 3.85. The molecule has 0 atom stereocenters. The van der Waals surface area contributed by atoms with Gasteiger partial charge in [-0.2, -0.15) is 26.3 Å². The molecule has 122 valence electrons. The van der Waals surface area contributed by atoms with Gasteiger partial charge in [0.1, 0.15) is 0 Å². The second kappa shape index (κ2) is 5.88. The van der Waals surface area contributed by atoms with Crippen molar-refractivity contribution >= 4 is 16.8 Å². The zero-order valence-corrected chi connectivity index (χ0v) is 11.9. The molecule has 0 spiro atoms. The van der Waals surface area contributed by atoms with Gasteiger partial charge in [-0.25, -0.2) is 0 Å². The first-order valence-corrected chi connectivity index (χ1v) is 6.46. The Morgan fingerprint density at radius 2 is 1.39 bits per heavy atom. The monoisotopic (exact) mass is 352 g/mol. The van der Waals surface area contributed by atoms with Crippen molar-refractivity contribution in [1.82, 2.24) is 0 Å². The normalized spacial score (nSPS) is 12.3. The highest BCUT2D eigenvalue weighted by Crippen LogP contribution is 2.36. The maximum atomic E-state index is 12.7. The van der Waals surface area contributed by atoms with Crippen LogP contribution in [-0.4, -0.2) is 5.24 Å². The zero-order chi connectivity index (χ0) is 17.4. The molecule has 0 heterocycles. The van der Waals surface area contributed by atoms with E-state index in [1.807, 2.05) is 0 Å². The van der Waals surface area contributed by atoms with Gasteiger partial charge in [0.15, 0.2) is 0 Å². The highest BCUT2D eigenvalue weighted by Gasteiger charge is 2.33. The minimum Gasteiger partial charge on any atom is -0.276 e. The number of carbonyl (C=O) groups excluding carboxylic acids is 1. The molecule has 0 aliphatic rings. The average Bonchev–Trinajstić information content (AvgIpc) is 2.45. The summed E-state index contributed by atoms with van der Waals surface area (Å²) >= 11 is 5.28. The van der Waals surface area contributed by atoms with Crippen LogP contribution in [0.1, 0.15) is 21.5 Å². The molecule has 0 fully saturated rings. The first kappa shape index (κ1) is 17.3. The molecule has 0 amide bonds. The van der Waals surface area contributed by atoms with Gasteiger partial charge in [0.05, 0.1) is 11.1 Å². The van der Waals surface area contributed by atoms with Crippen LogP contribution in [0.25, 0.3) is 11.1 Å². The fourth-order valence-corrected chi connectivity index (χ4v) is 2.15. The van der Waals surface area contributed by atoms with Gasteiger partial charge < -0.3 is 0 Å². The van der Waals surface area contributed by atoms with Gasteiger partial charge in [-0.05, 0) is 47.0 Å². The highest BCUT2D eigenvalue weighted by molar-refractivity contribution is 6.68. The Balaban J connectivity index is 2.62. The van der Waals surface area contributed by atoms with E-state index in [1.165, 1.54) is 6.07 Å². The second-order valence-electron chi connectivity index (χ2n) is 4.61. The first-order chi connectivity index (χ1) is 10.5. The molecule has 0 aromatic heterocycles. The number of carbonyl (C=O) groups is 1. The number of halogens is 7. The van der Waals surface area contributed by atoms with Gasteiger partial charge in [0.2, 0.25) is 0 Å². The minimum atomic E-state index is -4.70. The lowest BCUT2D eigenvalue weighted by atomic mass is 9.96. The SMILES string of the molecule is O=C(Cl)c1cc(C(F)(F)F)ccc1-c1cccc(C(F)(F)F)c1. The quantitative estimate of drug-likeness (QED) is 0.495. The molecule has 0 N–H and O–H groups in total. The van der Waals surface area contributed by atoms with Crippen LogP contribution in [0.3, 0.4) is 0 Å². The van der Waals surface area contributed by atoms with Gasteiger partial charge in [-0.1, -0.05) is 18.2 Å². The Morgan fingerprint density at radius 3 is 1.91 bits per heavy atom. The van der Waals surface area contributed by atoms with Crippen molar-refractivity contribution in [2.75, 3.05) is 0 Å². The molecule has 8 heteroatoms. The summed E-state index contributed by atoms with van der Waals surface area (Å²) in [5, 5.41) is -1.19. The third-order valence-corrected chi connectivity index (χ3v) is 3.26. The fraction of sp³-hybridized carbons (Fsp3) is 0.133. The van der Waals surface area contributed by atoms with Crippen LogP contribution in [-0.2, 0) is 12.4 Å². The summed E-state index contributed by atoms with van der Waals surface area (Å²) in [5.41, 5.74) is -2.78. The van der Waals surface area contributed by atoms with Crippen LogP contribution in [0.4, 0.5) is 26.3 Å². The van der Waals surface area contributed by atoms with Gasteiger partial charge in [-0.3, -0.25) is 4.79 Å². The maximum Gasteiger partial charge on any atom is 0.416 e. The molecule has 0 saturated heterocycles. The zero-order valence-electron chi connectivity index (χ0n) is 11.1. The van der Waals surface area contributed by atoms with Crippen LogP contribution in [0, 0.1) is 0 Å². The van der Waals surface area contributed by atoms with Gasteiger partial charge in [0.25, 0.3) is 5.24 Å². The molecule has 0 radical (unpaired) electrons. The summed E-state index contributed by atoms with van der Waals surface area (Å²) in [6, 6.07) is 6.03. The summed E-state index contributed by atoms with van der Waals surface area (Å²) < 4.78 is 76.2. The van der Waals surface area contributed by atoms with Crippen LogP contribution >= 0.6 is 11.6 Å². The largest absolute Gasteiger partial charge is 0.416 e. The Labute approximate surface area is 131 Å². The van der Waals surface area contributed by atoms with Crippen molar-refractivity contribution in [3.05, 3.63) is 59.2 Å². The molecule has 2 aromatic rings. The molecule has 2 rings (SSSR count). The van der Waals surface area contributed by atoms with Crippen LogP contribution in [0.2, 0.25) is 0 Å². The van der Waals surface area contributed by atoms with E-state index in [1.54, 1.807) is 0 Å². The Bertz CT molecular complexity index is 748. The molecule has 23 heavy (non-hydrogen) atoms. The molecule has 0 aliphatic heterocycles. The maximum absolute atomic E-state index is 12.7. The third-order valence-electron chi connectivity index (χ3n) is 3.06. The lowest BCUT2D eigenvalue weighted by Crippen LogP contribution is -2.08. The Hall–Kier alpha value is -2.02. The molecule has 0 unspecified atom stereocenters. The molecule has 0 aliphatic carbocycles. The summed E-state index contributed by atoms with van der Waals surface area (Å²) in [7, 11) is 0. The molecule has 1 nitrogen and oxygen atoms in total. The number of rotatable bonds is 2. The Kier molecular flexibility index (Phi) is 4.43. The predicted molar refractivity (Wildman–Crippen MR) is 72.1 cm³/mol. The summed E-state index contributed by atoms with van der Waals surface area (Å²) in [6.07, 6.45) is -9.32. The standard InChI is InChI=1S/C15H7ClF6O/c16-13(23)12-7-10(15(20,21)22)4-5-11(12)8-2-1-3-9(6-8)14(17,18)19/h1-7H. The van der Waals surface area contributed by atoms with Crippen molar-refractivity contribution in [1.29, 1.82) is 0 Å². The van der Waals surface area contributed by atoms with Crippen LogP contribution < -0.4 is 0 Å². The van der Waals surface area contributed by atoms with Gasteiger partial charge in [-0.15, -0.1) is 0 Å². The van der Waals surface area contributed by atoms with E-state index in [0.29, 0.717) is 12.1 Å². The first-order valence-electron chi connectivity index (χ1n) is 6.09. The predicted octanol–water partition coefficient (Wildman–Crippen LogP) is 5.77. The molecule has 0 bridgehead atoms. The van der Waals surface area contributed by atoms with Gasteiger partial charge >= 0.3 is 12.4 Å². The van der Waals surface area contributed by atoms with Crippen molar-refractivity contribution in [2.45, 2.75) is 12.4 Å². The average molecular weight is 353 g/mol. The van der Waals surface area contributed by atoms with E-state index < -0.39 is 34.3 Å². The molecular formula is C15H7ClF6O. The minimum absolute atomic E-state index is 0.0578. The lowest BCUT2D eigenvalue weighted by Gasteiger charge is -2.13. The fourth-order valence-electron chi connectivity index (χ4n) is 2.00. The topological polar surface area (TPSA) is 17.1 Å². The van der Waals surface area contributed by atoms with Crippen LogP contribution in [0.5, 0.6) is 0 Å². The van der Waals surface area contributed by atoms with Crippen LogP contribution in [0.15, 0.2) is 42.5 Å². The molecule has 2 aromatic carbocycles. The Morgan fingerprint density at radius 1 is 0.826 bits per heavy atom. The lowest BCUT2D eigenvalue weighted by molar-refractivity contribution is -0.138. The summed E-state index contributed by atoms with van der Waals surface area (Å²) in [6.45, 7) is 0. The van der Waals surface area contributed by atoms with E-state index in [2.05, 4.69) is 0 Å². The summed E-state index contributed by atoms with van der Waals surface area (Å²) in [4.78, 5) is 11.4. The van der Waals surface area contributed by atoms with E-state index >= 15 is 0 Å². The summed E-state index contributed by atoms with van der Waals surface area (Å²) in [5.74, 6) is 0. The number of alkyl halides is 6. The van der Waals surface area contributed by atoms with Crippen molar-refractivity contribution in [3.8, 4) is 11.1 Å². The smallest absolute Gasteiger partial charge is 0.276 e. The van der Waals surface area contributed by atoms with E-state index in [0.717, 1.165) is 24.3 Å². The van der Waals surface area contributed by atoms with Crippen molar-refractivity contribution in [3.63, 3.8) is 0 Å². The van der Waals surface area contributed by atoms with Crippen molar-refractivity contribution < 1.29 is 31.1 Å². The number of hydrogen-bond acceptors (Lipinski definition) is 1. The van der Waals surface area contributed by atoms with E-state index in [-0.39, 0.29) is 11.1 Å². The van der Waals surface area contributed by atoms with E-state index in [9.17, 15) is 31.1 Å². The number of hydrogen-bond donors (Lipinski definition) is 0.